The first-order chi connectivity index (χ1) is 12.6. The summed E-state index contributed by atoms with van der Waals surface area (Å²) in [5.41, 5.74) is 2.07. The van der Waals surface area contributed by atoms with Crippen LogP contribution in [0.3, 0.4) is 0 Å². The molecule has 0 spiro atoms. The van der Waals surface area contributed by atoms with Crippen LogP contribution in [-0.2, 0) is 4.79 Å². The first kappa shape index (κ1) is 19.1. The van der Waals surface area contributed by atoms with Gasteiger partial charge in [0.25, 0.3) is 0 Å². The molecule has 0 radical (unpaired) electrons. The number of thiol groups is 1. The number of benzene rings is 1. The van der Waals surface area contributed by atoms with E-state index in [4.69, 9.17) is 9.84 Å². The molecule has 1 N–H and O–H groups in total. The lowest BCUT2D eigenvalue weighted by Gasteiger charge is -2.15. The molecular weight excluding hydrogens is 366 g/mol. The van der Waals surface area contributed by atoms with Crippen molar-refractivity contribution in [2.45, 2.75) is 54.1 Å². The molecule has 1 aromatic heterocycles. The van der Waals surface area contributed by atoms with Gasteiger partial charge in [0, 0.05) is 23.1 Å². The highest BCUT2D eigenvalue weighted by molar-refractivity contribution is 8.10. The molecule has 1 fully saturated rings. The molecule has 4 nitrogen and oxygen atoms in total. The third-order valence-electron chi connectivity index (χ3n) is 4.39. The molecule has 0 amide bonds. The zero-order valence-corrected chi connectivity index (χ0v) is 16.2. The second kappa shape index (κ2) is 9.33. The van der Waals surface area contributed by atoms with E-state index >= 15 is 0 Å². The van der Waals surface area contributed by atoms with E-state index in [1.165, 1.54) is 12.8 Å². The maximum Gasteiger partial charge on any atom is 0.303 e. The maximum atomic E-state index is 10.7. The summed E-state index contributed by atoms with van der Waals surface area (Å²) < 4.78 is 6.09. The molecule has 1 aliphatic rings. The van der Waals surface area contributed by atoms with Gasteiger partial charge >= 0.3 is 5.97 Å². The van der Waals surface area contributed by atoms with Crippen molar-refractivity contribution >= 4 is 30.4 Å². The molecule has 138 valence electrons. The summed E-state index contributed by atoms with van der Waals surface area (Å²) in [4.78, 5) is 16.2. The van der Waals surface area contributed by atoms with Crippen molar-refractivity contribution in [1.82, 2.24) is 4.98 Å². The van der Waals surface area contributed by atoms with Gasteiger partial charge in [0.15, 0.2) is 0 Å². The number of nitrogens with zero attached hydrogens (tertiary/aromatic N) is 1. The van der Waals surface area contributed by atoms with Crippen molar-refractivity contribution in [3.05, 3.63) is 42.6 Å². The average molecular weight is 390 g/mol. The molecule has 0 saturated heterocycles. The fraction of sp³-hybridized carbons (Fsp3) is 0.400. The molecule has 1 saturated carbocycles. The fourth-order valence-electron chi connectivity index (χ4n) is 3.04. The molecule has 1 aliphatic carbocycles. The van der Waals surface area contributed by atoms with E-state index in [0.29, 0.717) is 12.3 Å². The Morgan fingerprint density at radius 1 is 1.27 bits per heavy atom. The highest BCUT2D eigenvalue weighted by Crippen LogP contribution is 2.34. The zero-order chi connectivity index (χ0) is 18.4. The van der Waals surface area contributed by atoms with Gasteiger partial charge in [-0.25, -0.2) is 4.98 Å². The third-order valence-corrected chi connectivity index (χ3v) is 6.02. The van der Waals surface area contributed by atoms with Gasteiger partial charge < -0.3 is 9.84 Å². The van der Waals surface area contributed by atoms with E-state index in [0.717, 1.165) is 28.9 Å². The molecule has 1 aromatic carbocycles. The summed E-state index contributed by atoms with van der Waals surface area (Å²) in [7, 11) is 0. The van der Waals surface area contributed by atoms with Gasteiger partial charge in [0.2, 0.25) is 5.88 Å². The largest absolute Gasteiger partial charge is 0.481 e. The normalized spacial score (nSPS) is 15.7. The van der Waals surface area contributed by atoms with Crippen LogP contribution in [-0.4, -0.2) is 26.7 Å². The molecule has 1 unspecified atom stereocenters. The Bertz CT molecular complexity index is 730. The smallest absolute Gasteiger partial charge is 0.303 e. The molecule has 2 aromatic rings. The van der Waals surface area contributed by atoms with Crippen LogP contribution in [0.5, 0.6) is 5.88 Å². The van der Waals surface area contributed by atoms with Gasteiger partial charge in [-0.3, -0.25) is 4.79 Å². The maximum absolute atomic E-state index is 10.7. The lowest BCUT2D eigenvalue weighted by Crippen LogP contribution is -2.12. The van der Waals surface area contributed by atoms with Crippen molar-refractivity contribution in [2.24, 2.45) is 0 Å². The number of hydrogen-bond donors (Lipinski definition) is 2. The minimum atomic E-state index is -0.786. The minimum absolute atomic E-state index is 0.0309. The van der Waals surface area contributed by atoms with Gasteiger partial charge in [-0.15, -0.1) is 11.8 Å². The number of aromatic nitrogens is 1. The van der Waals surface area contributed by atoms with Gasteiger partial charge in [-0.1, -0.05) is 12.1 Å². The van der Waals surface area contributed by atoms with Crippen LogP contribution in [0.1, 0.15) is 38.5 Å². The van der Waals surface area contributed by atoms with Crippen LogP contribution in [0, 0.1) is 0 Å². The number of carbonyl (C=O) groups is 1. The van der Waals surface area contributed by atoms with Crippen LogP contribution in [0.15, 0.2) is 47.5 Å². The number of hydrogen-bond acceptors (Lipinski definition) is 5. The highest BCUT2D eigenvalue weighted by atomic mass is 32.2. The Balaban J connectivity index is 1.67. The first-order valence-electron chi connectivity index (χ1n) is 8.90. The molecule has 1 atom stereocenters. The monoisotopic (exact) mass is 389 g/mol. The number of carboxylic acids is 1. The van der Waals surface area contributed by atoms with Crippen LogP contribution in [0.2, 0.25) is 0 Å². The summed E-state index contributed by atoms with van der Waals surface area (Å²) in [5, 5.41) is 8.76. The van der Waals surface area contributed by atoms with E-state index in [9.17, 15) is 4.79 Å². The summed E-state index contributed by atoms with van der Waals surface area (Å²) in [5.74, 6) is -0.0836. The number of rotatable bonds is 8. The third kappa shape index (κ3) is 5.42. The zero-order valence-electron chi connectivity index (χ0n) is 14.5. The Hall–Kier alpha value is -1.66. The quantitative estimate of drug-likeness (QED) is 0.365. The number of carboxylic acid groups (broad SMARTS) is 1. The lowest BCUT2D eigenvalue weighted by molar-refractivity contribution is -0.137. The highest BCUT2D eigenvalue weighted by Gasteiger charge is 2.19. The Labute approximate surface area is 163 Å². The second-order valence-electron chi connectivity index (χ2n) is 6.41. The number of aliphatic carboxylic acids is 1. The topological polar surface area (TPSA) is 59.4 Å². The average Bonchev–Trinajstić information content (AvgIpc) is 3.14. The molecular formula is C20H23NO3S2. The molecule has 6 heteroatoms. The lowest BCUT2D eigenvalue weighted by atomic mass is 10.1. The molecule has 1 heterocycles. The number of pyridine rings is 1. The van der Waals surface area contributed by atoms with E-state index < -0.39 is 5.97 Å². The molecule has 26 heavy (non-hydrogen) atoms. The second-order valence-corrected chi connectivity index (χ2v) is 8.66. The van der Waals surface area contributed by atoms with Crippen LogP contribution in [0.4, 0.5) is 0 Å². The number of thioether (sulfide) groups is 1. The van der Waals surface area contributed by atoms with Crippen molar-refractivity contribution in [3.8, 4) is 17.0 Å². The first-order valence-corrected chi connectivity index (χ1v) is 10.3. The number of ether oxygens (including phenoxy) is 1. The van der Waals surface area contributed by atoms with Gasteiger partial charge in [0.05, 0.1) is 4.58 Å². The van der Waals surface area contributed by atoms with E-state index in [2.05, 4.69) is 29.7 Å². The molecule has 0 bridgehead atoms. The van der Waals surface area contributed by atoms with Gasteiger partial charge in [0.1, 0.15) is 6.10 Å². The molecule has 0 aliphatic heterocycles. The fourth-order valence-corrected chi connectivity index (χ4v) is 4.38. The summed E-state index contributed by atoms with van der Waals surface area (Å²) in [6.07, 6.45) is 7.38. The van der Waals surface area contributed by atoms with Gasteiger partial charge in [-0.2, -0.15) is 12.6 Å². The molecule has 3 rings (SSSR count). The summed E-state index contributed by atoms with van der Waals surface area (Å²) in [6, 6.07) is 12.1. The van der Waals surface area contributed by atoms with Crippen molar-refractivity contribution in [2.75, 3.05) is 0 Å². The van der Waals surface area contributed by atoms with Crippen LogP contribution < -0.4 is 4.74 Å². The summed E-state index contributed by atoms with van der Waals surface area (Å²) in [6.45, 7) is 0. The van der Waals surface area contributed by atoms with E-state index in [1.807, 2.05) is 24.3 Å². The summed E-state index contributed by atoms with van der Waals surface area (Å²) >= 11 is 6.04. The van der Waals surface area contributed by atoms with E-state index in [1.54, 1.807) is 18.0 Å². The predicted molar refractivity (Wildman–Crippen MR) is 108 cm³/mol. The van der Waals surface area contributed by atoms with Crippen molar-refractivity contribution < 1.29 is 14.6 Å². The Morgan fingerprint density at radius 3 is 2.69 bits per heavy atom. The SMILES string of the molecule is O=C(O)CCC(S)Sc1ccc(-c2cccnc2OC2CCCC2)cc1. The van der Waals surface area contributed by atoms with Crippen LogP contribution >= 0.6 is 24.4 Å². The standard InChI is InChI=1S/C20H23NO3S2/c22-18(23)11-12-19(25)26-16-9-7-14(8-10-16)17-6-3-13-21-20(17)24-15-4-1-2-5-15/h3,6-10,13,15,19,25H,1-2,4-5,11-12H2,(H,22,23). The van der Waals surface area contributed by atoms with Crippen molar-refractivity contribution in [1.29, 1.82) is 0 Å². The van der Waals surface area contributed by atoms with E-state index in [-0.39, 0.29) is 17.1 Å². The Morgan fingerprint density at radius 2 is 2.00 bits per heavy atom. The Kier molecular flexibility index (Phi) is 6.86. The van der Waals surface area contributed by atoms with Crippen LogP contribution in [0.25, 0.3) is 11.1 Å². The predicted octanol–water partition coefficient (Wildman–Crippen LogP) is 5.28. The minimum Gasteiger partial charge on any atom is -0.481 e. The van der Waals surface area contributed by atoms with Gasteiger partial charge in [-0.05, 0) is 61.9 Å². The van der Waals surface area contributed by atoms with Crippen molar-refractivity contribution in [3.63, 3.8) is 0 Å².